The van der Waals surface area contributed by atoms with Gasteiger partial charge in [-0.15, -0.1) is 0 Å². The summed E-state index contributed by atoms with van der Waals surface area (Å²) in [6.45, 7) is 4.07. The molecular weight excluding hydrogens is 180 g/mol. The highest BCUT2D eigenvalue weighted by atomic mass is 14.3. The van der Waals surface area contributed by atoms with Crippen molar-refractivity contribution in [3.05, 3.63) is 18.6 Å². The molecule has 0 N–H and O–H groups in total. The van der Waals surface area contributed by atoms with Crippen molar-refractivity contribution >= 4 is 0 Å². The lowest BCUT2D eigenvalue weighted by Gasteiger charge is -2.32. The lowest BCUT2D eigenvalue weighted by atomic mass is 9.74. The summed E-state index contributed by atoms with van der Waals surface area (Å²) in [5.41, 5.74) is 1.73. The van der Waals surface area contributed by atoms with E-state index < -0.39 is 0 Å². The number of hydrogen-bond acceptors (Lipinski definition) is 0. The predicted octanol–water partition coefficient (Wildman–Crippen LogP) is 4.91. The van der Waals surface area contributed by atoms with Crippen molar-refractivity contribution in [2.75, 3.05) is 0 Å². The van der Waals surface area contributed by atoms with Crippen LogP contribution in [0, 0.1) is 18.8 Å². The first-order valence-corrected chi connectivity index (χ1v) is 6.91. The summed E-state index contributed by atoms with van der Waals surface area (Å²) in [5, 5.41) is 0. The Labute approximate surface area is 95.1 Å². The zero-order valence-electron chi connectivity index (χ0n) is 10.0. The highest BCUT2D eigenvalue weighted by molar-refractivity contribution is 5.13. The molecule has 0 aromatic rings. The highest BCUT2D eigenvalue weighted by Crippen LogP contribution is 2.39. The van der Waals surface area contributed by atoms with Crippen LogP contribution in [-0.2, 0) is 0 Å². The Morgan fingerprint density at radius 1 is 0.733 bits per heavy atom. The van der Waals surface area contributed by atoms with Gasteiger partial charge in [-0.1, -0.05) is 50.2 Å². The molecule has 0 heterocycles. The zero-order valence-corrected chi connectivity index (χ0v) is 10.0. The molecule has 0 aromatic heterocycles. The first-order chi connectivity index (χ1) is 7.42. The van der Waals surface area contributed by atoms with Gasteiger partial charge in [0.2, 0.25) is 0 Å². The third-order valence-electron chi connectivity index (χ3n) is 4.39. The SMILES string of the molecule is [CH2]C=C(C1CCCCC1)C1CCCCC1. The molecule has 0 heteroatoms. The van der Waals surface area contributed by atoms with Gasteiger partial charge < -0.3 is 0 Å². The van der Waals surface area contributed by atoms with Gasteiger partial charge in [0.15, 0.2) is 0 Å². The average Bonchev–Trinajstić information content (AvgIpc) is 2.33. The summed E-state index contributed by atoms with van der Waals surface area (Å²) in [6, 6.07) is 0. The molecule has 2 rings (SSSR count). The maximum absolute atomic E-state index is 4.07. The van der Waals surface area contributed by atoms with Crippen molar-refractivity contribution in [1.82, 2.24) is 0 Å². The van der Waals surface area contributed by atoms with Crippen LogP contribution in [0.3, 0.4) is 0 Å². The van der Waals surface area contributed by atoms with E-state index in [1.165, 1.54) is 64.2 Å². The Bertz CT molecular complexity index is 182. The normalized spacial score (nSPS) is 25.1. The van der Waals surface area contributed by atoms with E-state index in [0.29, 0.717) is 0 Å². The fourth-order valence-electron chi connectivity index (χ4n) is 3.54. The van der Waals surface area contributed by atoms with Crippen LogP contribution < -0.4 is 0 Å². The molecule has 2 aliphatic rings. The number of allylic oxidation sites excluding steroid dienone is 2. The summed E-state index contributed by atoms with van der Waals surface area (Å²) in [7, 11) is 0. The van der Waals surface area contributed by atoms with Gasteiger partial charge in [-0.25, -0.2) is 0 Å². The fourth-order valence-corrected chi connectivity index (χ4v) is 3.54. The fraction of sp³-hybridized carbons (Fsp3) is 0.800. The van der Waals surface area contributed by atoms with Gasteiger partial charge in [0.05, 0.1) is 0 Å². The quantitative estimate of drug-likeness (QED) is 0.601. The van der Waals surface area contributed by atoms with E-state index >= 15 is 0 Å². The first-order valence-electron chi connectivity index (χ1n) is 6.91. The Hall–Kier alpha value is -0.260. The van der Waals surface area contributed by atoms with Crippen LogP contribution in [-0.4, -0.2) is 0 Å². The molecular formula is C15H25. The van der Waals surface area contributed by atoms with Gasteiger partial charge in [-0.05, 0) is 44.4 Å². The summed E-state index contributed by atoms with van der Waals surface area (Å²) in [5.74, 6) is 1.80. The van der Waals surface area contributed by atoms with Gasteiger partial charge in [0, 0.05) is 0 Å². The summed E-state index contributed by atoms with van der Waals surface area (Å²) in [4.78, 5) is 0. The molecule has 0 atom stereocenters. The summed E-state index contributed by atoms with van der Waals surface area (Å²) in [6.07, 6.45) is 16.7. The number of rotatable bonds is 2. The third kappa shape index (κ3) is 2.86. The second-order valence-electron chi connectivity index (χ2n) is 5.37. The van der Waals surface area contributed by atoms with Crippen LogP contribution in [0.15, 0.2) is 11.6 Å². The monoisotopic (exact) mass is 205 g/mol. The van der Waals surface area contributed by atoms with E-state index in [1.807, 2.05) is 0 Å². The highest BCUT2D eigenvalue weighted by Gasteiger charge is 2.24. The van der Waals surface area contributed by atoms with E-state index in [0.717, 1.165) is 11.8 Å². The van der Waals surface area contributed by atoms with E-state index in [9.17, 15) is 0 Å². The predicted molar refractivity (Wildman–Crippen MR) is 66.6 cm³/mol. The maximum Gasteiger partial charge on any atom is -0.0200 e. The minimum atomic E-state index is 0.902. The maximum atomic E-state index is 4.07. The van der Waals surface area contributed by atoms with Crippen molar-refractivity contribution in [2.24, 2.45) is 11.8 Å². The summed E-state index contributed by atoms with van der Waals surface area (Å²) < 4.78 is 0. The van der Waals surface area contributed by atoms with Crippen molar-refractivity contribution < 1.29 is 0 Å². The van der Waals surface area contributed by atoms with Crippen LogP contribution in [0.2, 0.25) is 0 Å². The molecule has 1 radical (unpaired) electrons. The van der Waals surface area contributed by atoms with Crippen molar-refractivity contribution in [3.8, 4) is 0 Å². The largest absolute Gasteiger partial charge is 0.0845 e. The smallest absolute Gasteiger partial charge is 0.0200 e. The van der Waals surface area contributed by atoms with Gasteiger partial charge in [0.25, 0.3) is 0 Å². The second kappa shape index (κ2) is 5.72. The lowest BCUT2D eigenvalue weighted by molar-refractivity contribution is 0.326. The first kappa shape index (κ1) is 11.2. The molecule has 0 spiro atoms. The second-order valence-corrected chi connectivity index (χ2v) is 5.37. The van der Waals surface area contributed by atoms with E-state index in [2.05, 4.69) is 13.0 Å². The molecule has 2 saturated carbocycles. The molecule has 0 bridgehead atoms. The van der Waals surface area contributed by atoms with Crippen molar-refractivity contribution in [1.29, 1.82) is 0 Å². The van der Waals surface area contributed by atoms with E-state index in [-0.39, 0.29) is 0 Å². The zero-order chi connectivity index (χ0) is 10.5. The number of hydrogen-bond donors (Lipinski definition) is 0. The topological polar surface area (TPSA) is 0 Å². The molecule has 0 unspecified atom stereocenters. The van der Waals surface area contributed by atoms with Crippen LogP contribution in [0.25, 0.3) is 0 Å². The molecule has 0 aromatic carbocycles. The van der Waals surface area contributed by atoms with Crippen LogP contribution in [0.5, 0.6) is 0 Å². The molecule has 15 heavy (non-hydrogen) atoms. The van der Waals surface area contributed by atoms with Crippen LogP contribution in [0.1, 0.15) is 64.2 Å². The standard InChI is InChI=1S/C15H25/c1-2-15(13-9-5-3-6-10-13)14-11-7-4-8-12-14/h2,13-14H,1,3-12H2. The molecule has 0 amide bonds. The summed E-state index contributed by atoms with van der Waals surface area (Å²) >= 11 is 0. The average molecular weight is 205 g/mol. The molecule has 85 valence electrons. The molecule has 0 saturated heterocycles. The Kier molecular flexibility index (Phi) is 4.29. The van der Waals surface area contributed by atoms with Crippen molar-refractivity contribution in [3.63, 3.8) is 0 Å². The minimum absolute atomic E-state index is 0.902. The lowest BCUT2D eigenvalue weighted by Crippen LogP contribution is -2.18. The minimum Gasteiger partial charge on any atom is -0.0845 e. The van der Waals surface area contributed by atoms with Gasteiger partial charge in [-0.2, -0.15) is 0 Å². The van der Waals surface area contributed by atoms with E-state index in [4.69, 9.17) is 0 Å². The Balaban J connectivity index is 1.95. The van der Waals surface area contributed by atoms with Crippen LogP contribution in [0.4, 0.5) is 0 Å². The van der Waals surface area contributed by atoms with E-state index in [1.54, 1.807) is 5.57 Å². The molecule has 2 fully saturated rings. The van der Waals surface area contributed by atoms with Gasteiger partial charge in [0.1, 0.15) is 0 Å². The molecule has 0 aliphatic heterocycles. The molecule has 0 nitrogen and oxygen atoms in total. The van der Waals surface area contributed by atoms with Gasteiger partial charge in [-0.3, -0.25) is 0 Å². The molecule has 2 aliphatic carbocycles. The van der Waals surface area contributed by atoms with Crippen molar-refractivity contribution in [2.45, 2.75) is 64.2 Å². The van der Waals surface area contributed by atoms with Gasteiger partial charge >= 0.3 is 0 Å². The van der Waals surface area contributed by atoms with Crippen LogP contribution >= 0.6 is 0 Å². The Morgan fingerprint density at radius 2 is 1.13 bits per heavy atom. The third-order valence-corrected chi connectivity index (χ3v) is 4.39. The Morgan fingerprint density at radius 3 is 1.47 bits per heavy atom.